The van der Waals surface area contributed by atoms with Crippen molar-refractivity contribution in [1.29, 1.82) is 0 Å². The lowest BCUT2D eigenvalue weighted by Crippen LogP contribution is -2.02. The Labute approximate surface area is 100.0 Å². The summed E-state index contributed by atoms with van der Waals surface area (Å²) in [6.07, 6.45) is 2.78. The Morgan fingerprint density at radius 2 is 2.00 bits per heavy atom. The van der Waals surface area contributed by atoms with E-state index in [-0.39, 0.29) is 0 Å². The molecule has 1 aliphatic carbocycles. The van der Waals surface area contributed by atoms with Crippen LogP contribution in [0.5, 0.6) is 5.75 Å². The van der Waals surface area contributed by atoms with Gasteiger partial charge in [-0.15, -0.1) is 0 Å². The van der Waals surface area contributed by atoms with Crippen molar-refractivity contribution in [2.45, 2.75) is 25.7 Å². The molecule has 0 spiro atoms. The SMILES string of the molecule is CCOc1ccc(C(CBr)C2CC2)cc1. The Balaban J connectivity index is 2.07. The molecule has 1 aromatic rings. The van der Waals surface area contributed by atoms with Crippen molar-refractivity contribution in [2.24, 2.45) is 5.92 Å². The molecule has 1 aliphatic rings. The molecule has 0 radical (unpaired) electrons. The molecule has 0 N–H and O–H groups in total. The molecule has 2 rings (SSSR count). The highest BCUT2D eigenvalue weighted by molar-refractivity contribution is 9.09. The Kier molecular flexibility index (Phi) is 3.68. The summed E-state index contributed by atoms with van der Waals surface area (Å²) < 4.78 is 5.44. The fourth-order valence-corrected chi connectivity index (χ4v) is 2.87. The van der Waals surface area contributed by atoms with Crippen LogP contribution in [0, 0.1) is 5.92 Å². The van der Waals surface area contributed by atoms with Crippen molar-refractivity contribution in [2.75, 3.05) is 11.9 Å². The minimum atomic E-state index is 0.695. The molecule has 15 heavy (non-hydrogen) atoms. The highest BCUT2D eigenvalue weighted by Crippen LogP contribution is 2.43. The fraction of sp³-hybridized carbons (Fsp3) is 0.538. The van der Waals surface area contributed by atoms with Crippen LogP contribution < -0.4 is 4.74 Å². The molecular formula is C13H17BrO. The number of hydrogen-bond acceptors (Lipinski definition) is 1. The zero-order valence-electron chi connectivity index (χ0n) is 9.08. The number of benzene rings is 1. The second-order valence-corrected chi connectivity index (χ2v) is 4.75. The summed E-state index contributed by atoms with van der Waals surface area (Å²) in [5, 5.41) is 1.08. The maximum atomic E-state index is 5.44. The molecule has 1 aromatic carbocycles. The van der Waals surface area contributed by atoms with E-state index < -0.39 is 0 Å². The van der Waals surface area contributed by atoms with Crippen molar-refractivity contribution < 1.29 is 4.74 Å². The predicted molar refractivity (Wildman–Crippen MR) is 66.9 cm³/mol. The van der Waals surface area contributed by atoms with Crippen LogP contribution >= 0.6 is 15.9 Å². The van der Waals surface area contributed by atoms with Crippen molar-refractivity contribution >= 4 is 15.9 Å². The Morgan fingerprint density at radius 3 is 2.47 bits per heavy atom. The molecule has 0 amide bonds. The van der Waals surface area contributed by atoms with E-state index in [1.165, 1.54) is 18.4 Å². The normalized spacial score (nSPS) is 17.5. The lowest BCUT2D eigenvalue weighted by atomic mass is 9.96. The first-order valence-electron chi connectivity index (χ1n) is 5.64. The molecule has 1 unspecified atom stereocenters. The molecule has 1 atom stereocenters. The summed E-state index contributed by atoms with van der Waals surface area (Å²) in [7, 11) is 0. The molecular weight excluding hydrogens is 252 g/mol. The van der Waals surface area contributed by atoms with Gasteiger partial charge in [-0.05, 0) is 49.3 Å². The maximum absolute atomic E-state index is 5.44. The minimum absolute atomic E-state index is 0.695. The van der Waals surface area contributed by atoms with Gasteiger partial charge in [-0.25, -0.2) is 0 Å². The van der Waals surface area contributed by atoms with Crippen LogP contribution in [0.15, 0.2) is 24.3 Å². The van der Waals surface area contributed by atoms with E-state index in [1.54, 1.807) is 0 Å². The fourth-order valence-electron chi connectivity index (χ4n) is 1.96. The molecule has 1 nitrogen and oxygen atoms in total. The van der Waals surface area contributed by atoms with E-state index in [2.05, 4.69) is 40.2 Å². The van der Waals surface area contributed by atoms with Crippen molar-refractivity contribution in [1.82, 2.24) is 0 Å². The van der Waals surface area contributed by atoms with Gasteiger partial charge in [0, 0.05) is 5.33 Å². The van der Waals surface area contributed by atoms with E-state index in [1.807, 2.05) is 6.92 Å². The summed E-state index contributed by atoms with van der Waals surface area (Å²) in [6, 6.07) is 8.57. The summed E-state index contributed by atoms with van der Waals surface area (Å²) in [5.74, 6) is 2.58. The van der Waals surface area contributed by atoms with Gasteiger partial charge in [0.2, 0.25) is 0 Å². The minimum Gasteiger partial charge on any atom is -0.494 e. The highest BCUT2D eigenvalue weighted by Gasteiger charge is 2.31. The largest absolute Gasteiger partial charge is 0.494 e. The van der Waals surface area contributed by atoms with Crippen LogP contribution in [0.4, 0.5) is 0 Å². The molecule has 0 bridgehead atoms. The average Bonchev–Trinajstić information content (AvgIpc) is 3.06. The molecule has 0 aliphatic heterocycles. The van der Waals surface area contributed by atoms with Gasteiger partial charge in [-0.2, -0.15) is 0 Å². The lowest BCUT2D eigenvalue weighted by Gasteiger charge is -2.13. The third kappa shape index (κ3) is 2.75. The number of rotatable bonds is 5. The van der Waals surface area contributed by atoms with Gasteiger partial charge in [0.1, 0.15) is 5.75 Å². The Bertz CT molecular complexity index is 303. The van der Waals surface area contributed by atoms with Crippen LogP contribution in [0.3, 0.4) is 0 Å². The first-order chi connectivity index (χ1) is 7.35. The summed E-state index contributed by atoms with van der Waals surface area (Å²) in [6.45, 7) is 2.75. The maximum Gasteiger partial charge on any atom is 0.119 e. The van der Waals surface area contributed by atoms with E-state index in [0.717, 1.165) is 23.6 Å². The number of alkyl halides is 1. The first kappa shape index (κ1) is 11.0. The molecule has 2 heteroatoms. The highest BCUT2D eigenvalue weighted by atomic mass is 79.9. The van der Waals surface area contributed by atoms with E-state index in [9.17, 15) is 0 Å². The summed E-state index contributed by atoms with van der Waals surface area (Å²) >= 11 is 3.61. The van der Waals surface area contributed by atoms with Gasteiger partial charge >= 0.3 is 0 Å². The molecule has 0 saturated heterocycles. The standard InChI is InChI=1S/C13H17BrO/c1-2-15-12-7-5-11(6-8-12)13(9-14)10-3-4-10/h5-8,10,13H,2-4,9H2,1H3. The van der Waals surface area contributed by atoms with E-state index >= 15 is 0 Å². The predicted octanol–water partition coefficient (Wildman–Crippen LogP) is 3.97. The van der Waals surface area contributed by atoms with Gasteiger partial charge in [-0.1, -0.05) is 28.1 Å². The van der Waals surface area contributed by atoms with Crippen LogP contribution in [0.25, 0.3) is 0 Å². The monoisotopic (exact) mass is 268 g/mol. The molecule has 82 valence electrons. The van der Waals surface area contributed by atoms with Crippen LogP contribution in [0.1, 0.15) is 31.2 Å². The summed E-state index contributed by atoms with van der Waals surface area (Å²) in [4.78, 5) is 0. The van der Waals surface area contributed by atoms with Gasteiger partial charge in [0.15, 0.2) is 0 Å². The van der Waals surface area contributed by atoms with E-state index in [4.69, 9.17) is 4.74 Å². The summed E-state index contributed by atoms with van der Waals surface area (Å²) in [5.41, 5.74) is 1.44. The first-order valence-corrected chi connectivity index (χ1v) is 6.76. The zero-order chi connectivity index (χ0) is 10.7. The van der Waals surface area contributed by atoms with Crippen LogP contribution in [-0.4, -0.2) is 11.9 Å². The molecule has 0 aromatic heterocycles. The van der Waals surface area contributed by atoms with Crippen LogP contribution in [0.2, 0.25) is 0 Å². The van der Waals surface area contributed by atoms with Gasteiger partial charge < -0.3 is 4.74 Å². The van der Waals surface area contributed by atoms with Crippen molar-refractivity contribution in [3.63, 3.8) is 0 Å². The van der Waals surface area contributed by atoms with Gasteiger partial charge in [0.25, 0.3) is 0 Å². The Hall–Kier alpha value is -0.500. The second kappa shape index (κ2) is 5.02. The molecule has 0 heterocycles. The smallest absolute Gasteiger partial charge is 0.119 e. The topological polar surface area (TPSA) is 9.23 Å². The second-order valence-electron chi connectivity index (χ2n) is 4.10. The van der Waals surface area contributed by atoms with Crippen molar-refractivity contribution in [3.8, 4) is 5.75 Å². The van der Waals surface area contributed by atoms with Crippen molar-refractivity contribution in [3.05, 3.63) is 29.8 Å². The number of halogens is 1. The van der Waals surface area contributed by atoms with Gasteiger partial charge in [0.05, 0.1) is 6.61 Å². The average molecular weight is 269 g/mol. The molecule has 1 fully saturated rings. The quantitative estimate of drug-likeness (QED) is 0.735. The zero-order valence-corrected chi connectivity index (χ0v) is 10.7. The Morgan fingerprint density at radius 1 is 1.33 bits per heavy atom. The number of ether oxygens (including phenoxy) is 1. The van der Waals surface area contributed by atoms with E-state index in [0.29, 0.717) is 5.92 Å². The number of hydrogen-bond donors (Lipinski definition) is 0. The third-order valence-corrected chi connectivity index (χ3v) is 3.67. The van der Waals surface area contributed by atoms with Crippen LogP contribution in [-0.2, 0) is 0 Å². The van der Waals surface area contributed by atoms with Gasteiger partial charge in [-0.3, -0.25) is 0 Å². The lowest BCUT2D eigenvalue weighted by molar-refractivity contribution is 0.340. The molecule has 1 saturated carbocycles. The third-order valence-electron chi connectivity index (χ3n) is 2.98.